The standard InChI is InChI=1S/C4H12N4OS.BrH/c1-2-3-10-8-7-4(9)6-5;/h8H,2-3,5H2,1H3,(H2,6,7,9);1H. The highest BCUT2D eigenvalue weighted by atomic mass is 79.9. The van der Waals surface area contributed by atoms with Crippen LogP contribution in [0.25, 0.3) is 0 Å². The Labute approximate surface area is 80.7 Å². The van der Waals surface area contributed by atoms with Gasteiger partial charge in [-0.1, -0.05) is 18.9 Å². The molecule has 7 heteroatoms. The molecule has 2 amide bonds. The zero-order valence-electron chi connectivity index (χ0n) is 6.22. The summed E-state index contributed by atoms with van der Waals surface area (Å²) < 4.78 is 0. The van der Waals surface area contributed by atoms with Crippen LogP contribution in [0.4, 0.5) is 4.79 Å². The van der Waals surface area contributed by atoms with Crippen molar-refractivity contribution in [3.63, 3.8) is 0 Å². The van der Waals surface area contributed by atoms with Gasteiger partial charge in [0.05, 0.1) is 0 Å². The van der Waals surface area contributed by atoms with Gasteiger partial charge in [-0.15, -0.1) is 17.0 Å². The Balaban J connectivity index is 0. The third-order valence-corrected chi connectivity index (χ3v) is 1.53. The van der Waals surface area contributed by atoms with Crippen molar-refractivity contribution in [1.29, 1.82) is 0 Å². The molecule has 0 bridgehead atoms. The van der Waals surface area contributed by atoms with Gasteiger partial charge in [0.2, 0.25) is 0 Å². The molecule has 0 radical (unpaired) electrons. The fourth-order valence-corrected chi connectivity index (χ4v) is 0.743. The molecule has 0 fully saturated rings. The Hall–Kier alpha value is 0.0200. The zero-order valence-corrected chi connectivity index (χ0v) is 8.75. The molecule has 0 rings (SSSR count). The summed E-state index contributed by atoms with van der Waals surface area (Å²) >= 11 is 1.42. The van der Waals surface area contributed by atoms with Gasteiger partial charge in [-0.2, -0.15) is 4.83 Å². The highest BCUT2D eigenvalue weighted by Gasteiger charge is 1.91. The first-order valence-electron chi connectivity index (χ1n) is 2.94. The summed E-state index contributed by atoms with van der Waals surface area (Å²) in [5.41, 5.74) is 4.22. The third-order valence-electron chi connectivity index (χ3n) is 0.674. The summed E-state index contributed by atoms with van der Waals surface area (Å²) in [6.45, 7) is 2.05. The maximum atomic E-state index is 10.4. The van der Waals surface area contributed by atoms with E-state index in [0.29, 0.717) is 0 Å². The molecule has 0 unspecified atom stereocenters. The Morgan fingerprint density at radius 1 is 1.64 bits per heavy atom. The van der Waals surface area contributed by atoms with Crippen LogP contribution in [0.3, 0.4) is 0 Å². The van der Waals surface area contributed by atoms with Crippen LogP contribution in [0.1, 0.15) is 13.3 Å². The smallest absolute Gasteiger partial charge is 0.275 e. The lowest BCUT2D eigenvalue weighted by Gasteiger charge is -2.03. The topological polar surface area (TPSA) is 79.2 Å². The molecule has 0 saturated heterocycles. The Kier molecular flexibility index (Phi) is 12.4. The fourth-order valence-electron chi connectivity index (χ4n) is 0.272. The van der Waals surface area contributed by atoms with Crippen molar-refractivity contribution in [3.05, 3.63) is 0 Å². The number of carbonyl (C=O) groups is 1. The Bertz CT molecular complexity index is 104. The van der Waals surface area contributed by atoms with Crippen LogP contribution in [0.2, 0.25) is 0 Å². The lowest BCUT2D eigenvalue weighted by Crippen LogP contribution is -2.44. The van der Waals surface area contributed by atoms with Crippen molar-refractivity contribution in [2.24, 2.45) is 5.84 Å². The average molecular weight is 245 g/mol. The lowest BCUT2D eigenvalue weighted by atomic mass is 10.6. The molecule has 5 N–H and O–H groups in total. The highest BCUT2D eigenvalue weighted by molar-refractivity contribution is 8.93. The van der Waals surface area contributed by atoms with Gasteiger partial charge in [-0.3, -0.25) is 10.9 Å². The highest BCUT2D eigenvalue weighted by Crippen LogP contribution is 1.91. The summed E-state index contributed by atoms with van der Waals surface area (Å²) in [5.74, 6) is 5.72. The van der Waals surface area contributed by atoms with E-state index >= 15 is 0 Å². The van der Waals surface area contributed by atoms with Crippen molar-refractivity contribution in [3.8, 4) is 0 Å². The first-order valence-corrected chi connectivity index (χ1v) is 3.93. The molecule has 68 valence electrons. The molecule has 11 heavy (non-hydrogen) atoms. The maximum Gasteiger partial charge on any atom is 0.343 e. The van der Waals surface area contributed by atoms with Crippen LogP contribution in [-0.2, 0) is 0 Å². The third kappa shape index (κ3) is 10.0. The monoisotopic (exact) mass is 244 g/mol. The van der Waals surface area contributed by atoms with Gasteiger partial charge in [-0.05, 0) is 6.42 Å². The predicted octanol–water partition coefficient (Wildman–Crippen LogP) is 0.300. The molecule has 0 aromatic carbocycles. The number of halogens is 1. The zero-order chi connectivity index (χ0) is 7.82. The van der Waals surface area contributed by atoms with E-state index in [-0.39, 0.29) is 17.0 Å². The van der Waals surface area contributed by atoms with Crippen LogP contribution >= 0.6 is 28.9 Å². The van der Waals surface area contributed by atoms with Crippen molar-refractivity contribution >= 4 is 35.0 Å². The van der Waals surface area contributed by atoms with E-state index in [9.17, 15) is 4.79 Å². The molecule has 0 aromatic heterocycles. The molecule has 0 heterocycles. The molecule has 0 saturated carbocycles. The van der Waals surface area contributed by atoms with E-state index in [4.69, 9.17) is 5.84 Å². The van der Waals surface area contributed by atoms with E-state index in [1.165, 1.54) is 11.9 Å². The maximum absolute atomic E-state index is 10.4. The summed E-state index contributed by atoms with van der Waals surface area (Å²) in [6.07, 6.45) is 1.06. The van der Waals surface area contributed by atoms with E-state index in [1.807, 2.05) is 5.43 Å². The Morgan fingerprint density at radius 3 is 2.73 bits per heavy atom. The van der Waals surface area contributed by atoms with Crippen LogP contribution < -0.4 is 21.5 Å². The minimum Gasteiger partial charge on any atom is -0.275 e. The molecule has 0 atom stereocenters. The largest absolute Gasteiger partial charge is 0.343 e. The molecule has 0 spiro atoms. The first kappa shape index (κ1) is 13.6. The number of hydrazine groups is 2. The number of rotatable bonds is 4. The summed E-state index contributed by atoms with van der Waals surface area (Å²) in [6, 6.07) is -0.441. The summed E-state index contributed by atoms with van der Waals surface area (Å²) in [5, 5.41) is 0. The number of hydrogen-bond acceptors (Lipinski definition) is 4. The second-order valence-electron chi connectivity index (χ2n) is 1.55. The Morgan fingerprint density at radius 2 is 2.27 bits per heavy atom. The van der Waals surface area contributed by atoms with Crippen molar-refractivity contribution in [2.45, 2.75) is 13.3 Å². The molecule has 0 aliphatic carbocycles. The number of hydrogen-bond donors (Lipinski definition) is 4. The van der Waals surface area contributed by atoms with Crippen molar-refractivity contribution in [1.82, 2.24) is 15.7 Å². The average Bonchev–Trinajstić information content (AvgIpc) is 1.98. The first-order chi connectivity index (χ1) is 4.81. The van der Waals surface area contributed by atoms with Crippen LogP contribution in [0.5, 0.6) is 0 Å². The minimum absolute atomic E-state index is 0. The minimum atomic E-state index is -0.441. The number of carbonyl (C=O) groups excluding carboxylic acids is 1. The van der Waals surface area contributed by atoms with Gasteiger partial charge in [0.25, 0.3) is 0 Å². The van der Waals surface area contributed by atoms with Gasteiger partial charge in [0, 0.05) is 5.75 Å². The van der Waals surface area contributed by atoms with Crippen LogP contribution in [0.15, 0.2) is 0 Å². The van der Waals surface area contributed by atoms with Crippen molar-refractivity contribution < 1.29 is 4.79 Å². The van der Waals surface area contributed by atoms with Gasteiger partial charge < -0.3 is 0 Å². The summed E-state index contributed by atoms with van der Waals surface area (Å²) in [4.78, 5) is 13.0. The second kappa shape index (κ2) is 10.0. The summed E-state index contributed by atoms with van der Waals surface area (Å²) in [7, 11) is 0. The van der Waals surface area contributed by atoms with Crippen LogP contribution in [-0.4, -0.2) is 11.8 Å². The molecule has 0 aliphatic heterocycles. The van der Waals surface area contributed by atoms with E-state index in [2.05, 4.69) is 17.2 Å². The van der Waals surface area contributed by atoms with Crippen LogP contribution in [0, 0.1) is 0 Å². The molecule has 5 nitrogen and oxygen atoms in total. The lowest BCUT2D eigenvalue weighted by molar-refractivity contribution is 0.240. The van der Waals surface area contributed by atoms with Gasteiger partial charge >= 0.3 is 6.03 Å². The van der Waals surface area contributed by atoms with Gasteiger partial charge in [0.1, 0.15) is 0 Å². The van der Waals surface area contributed by atoms with Gasteiger partial charge in [-0.25, -0.2) is 10.6 Å². The van der Waals surface area contributed by atoms with E-state index in [0.717, 1.165) is 12.2 Å². The van der Waals surface area contributed by atoms with E-state index < -0.39 is 6.03 Å². The van der Waals surface area contributed by atoms with Gasteiger partial charge in [0.15, 0.2) is 0 Å². The molecular formula is C4H13BrN4OS. The molecular weight excluding hydrogens is 232 g/mol. The number of nitrogens with one attached hydrogen (secondary N) is 3. The SMILES string of the molecule is Br.CCCSNNC(=O)NN. The number of urea groups is 1. The number of amides is 2. The fraction of sp³-hybridized carbons (Fsp3) is 0.750. The second-order valence-corrected chi connectivity index (χ2v) is 2.45. The molecule has 0 aliphatic rings. The molecule has 0 aromatic rings. The normalized spacial score (nSPS) is 8.18. The van der Waals surface area contributed by atoms with Crippen molar-refractivity contribution in [2.75, 3.05) is 5.75 Å². The predicted molar refractivity (Wildman–Crippen MR) is 52.1 cm³/mol. The number of nitrogens with two attached hydrogens (primary N) is 1. The van der Waals surface area contributed by atoms with E-state index in [1.54, 1.807) is 0 Å². The quantitative estimate of drug-likeness (QED) is 0.189.